The Balaban J connectivity index is 1.65. The SMILES string of the molecule is CC1(C)CN(C(=O)CCn2ccnn2)CC2(CCCOC2)O1. The van der Waals surface area contributed by atoms with Crippen LogP contribution in [0.2, 0.25) is 0 Å². The average molecular weight is 308 g/mol. The van der Waals surface area contributed by atoms with Crippen molar-refractivity contribution in [1.82, 2.24) is 19.9 Å². The van der Waals surface area contributed by atoms with Crippen molar-refractivity contribution < 1.29 is 14.3 Å². The highest BCUT2D eigenvalue weighted by atomic mass is 16.6. The molecule has 1 atom stereocenters. The molecule has 22 heavy (non-hydrogen) atoms. The first-order chi connectivity index (χ1) is 10.5. The van der Waals surface area contributed by atoms with Crippen molar-refractivity contribution in [3.63, 3.8) is 0 Å². The lowest BCUT2D eigenvalue weighted by atomic mass is 9.90. The predicted molar refractivity (Wildman–Crippen MR) is 79.2 cm³/mol. The van der Waals surface area contributed by atoms with Crippen LogP contribution in [0.4, 0.5) is 0 Å². The fourth-order valence-electron chi connectivity index (χ4n) is 3.44. The number of amides is 1. The van der Waals surface area contributed by atoms with Gasteiger partial charge in [0.1, 0.15) is 5.60 Å². The highest BCUT2D eigenvalue weighted by Gasteiger charge is 2.46. The quantitative estimate of drug-likeness (QED) is 0.828. The molecule has 3 rings (SSSR count). The molecule has 7 heteroatoms. The van der Waals surface area contributed by atoms with Crippen molar-refractivity contribution >= 4 is 5.91 Å². The van der Waals surface area contributed by atoms with Crippen LogP contribution >= 0.6 is 0 Å². The molecule has 0 radical (unpaired) electrons. The second-order valence-electron chi connectivity index (χ2n) is 6.87. The molecule has 1 unspecified atom stereocenters. The van der Waals surface area contributed by atoms with E-state index in [2.05, 4.69) is 10.3 Å². The summed E-state index contributed by atoms with van der Waals surface area (Å²) in [7, 11) is 0. The van der Waals surface area contributed by atoms with E-state index < -0.39 is 0 Å². The van der Waals surface area contributed by atoms with Crippen molar-refractivity contribution in [3.8, 4) is 0 Å². The molecule has 0 aromatic carbocycles. The lowest BCUT2D eigenvalue weighted by molar-refractivity contribution is -0.232. The van der Waals surface area contributed by atoms with E-state index in [4.69, 9.17) is 9.47 Å². The van der Waals surface area contributed by atoms with E-state index in [1.807, 2.05) is 18.7 Å². The molecule has 0 bridgehead atoms. The first-order valence-electron chi connectivity index (χ1n) is 7.88. The third kappa shape index (κ3) is 3.47. The number of carbonyl (C=O) groups excluding carboxylic acids is 1. The summed E-state index contributed by atoms with van der Waals surface area (Å²) in [4.78, 5) is 14.5. The fraction of sp³-hybridized carbons (Fsp3) is 0.800. The van der Waals surface area contributed by atoms with Crippen LogP contribution < -0.4 is 0 Å². The molecule has 1 aromatic heterocycles. The summed E-state index contributed by atoms with van der Waals surface area (Å²) in [6, 6.07) is 0. The van der Waals surface area contributed by atoms with Gasteiger partial charge in [0.25, 0.3) is 0 Å². The molecule has 1 aromatic rings. The average Bonchev–Trinajstić information content (AvgIpc) is 2.97. The molecule has 7 nitrogen and oxygen atoms in total. The van der Waals surface area contributed by atoms with Gasteiger partial charge in [-0.15, -0.1) is 5.10 Å². The Morgan fingerprint density at radius 1 is 1.36 bits per heavy atom. The maximum Gasteiger partial charge on any atom is 0.224 e. The predicted octanol–water partition coefficient (Wildman–Crippen LogP) is 0.855. The van der Waals surface area contributed by atoms with Gasteiger partial charge in [0, 0.05) is 25.8 Å². The Labute approximate surface area is 130 Å². The van der Waals surface area contributed by atoms with Gasteiger partial charge in [0.2, 0.25) is 5.91 Å². The zero-order valence-electron chi connectivity index (χ0n) is 13.3. The number of hydrogen-bond donors (Lipinski definition) is 0. The number of ether oxygens (including phenoxy) is 2. The maximum absolute atomic E-state index is 12.6. The number of aryl methyl sites for hydroxylation is 1. The Kier molecular flexibility index (Phi) is 4.18. The number of nitrogens with zero attached hydrogens (tertiary/aromatic N) is 4. The summed E-state index contributed by atoms with van der Waals surface area (Å²) in [5.41, 5.74) is -0.690. The Hall–Kier alpha value is -1.47. The van der Waals surface area contributed by atoms with Crippen molar-refractivity contribution in [3.05, 3.63) is 12.4 Å². The molecular weight excluding hydrogens is 284 g/mol. The first-order valence-corrected chi connectivity index (χ1v) is 7.88. The summed E-state index contributed by atoms with van der Waals surface area (Å²) in [5, 5.41) is 7.65. The van der Waals surface area contributed by atoms with Gasteiger partial charge in [0.05, 0.1) is 31.5 Å². The van der Waals surface area contributed by atoms with Crippen LogP contribution in [0.5, 0.6) is 0 Å². The minimum Gasteiger partial charge on any atom is -0.378 e. The zero-order valence-corrected chi connectivity index (χ0v) is 13.3. The van der Waals surface area contributed by atoms with E-state index in [1.165, 1.54) is 0 Å². The van der Waals surface area contributed by atoms with Gasteiger partial charge in [-0.2, -0.15) is 0 Å². The van der Waals surface area contributed by atoms with Gasteiger partial charge >= 0.3 is 0 Å². The van der Waals surface area contributed by atoms with Crippen LogP contribution in [0.3, 0.4) is 0 Å². The maximum atomic E-state index is 12.6. The van der Waals surface area contributed by atoms with Crippen LogP contribution in [-0.2, 0) is 20.8 Å². The molecule has 122 valence electrons. The Morgan fingerprint density at radius 3 is 2.91 bits per heavy atom. The number of rotatable bonds is 3. The molecule has 2 fully saturated rings. The van der Waals surface area contributed by atoms with E-state index in [9.17, 15) is 4.79 Å². The second kappa shape index (κ2) is 5.96. The van der Waals surface area contributed by atoms with E-state index >= 15 is 0 Å². The first kappa shape index (κ1) is 15.4. The Bertz CT molecular complexity index is 509. The molecular formula is C15H24N4O3. The molecule has 0 aliphatic carbocycles. The number of carbonyl (C=O) groups is 1. The monoisotopic (exact) mass is 308 g/mol. The van der Waals surface area contributed by atoms with Gasteiger partial charge < -0.3 is 14.4 Å². The summed E-state index contributed by atoms with van der Waals surface area (Å²) in [6.07, 6.45) is 5.75. The molecule has 3 heterocycles. The summed E-state index contributed by atoms with van der Waals surface area (Å²) < 4.78 is 13.6. The largest absolute Gasteiger partial charge is 0.378 e. The van der Waals surface area contributed by atoms with Crippen molar-refractivity contribution in [2.24, 2.45) is 0 Å². The normalized spacial score (nSPS) is 28.0. The second-order valence-corrected chi connectivity index (χ2v) is 6.87. The van der Waals surface area contributed by atoms with Crippen LogP contribution in [-0.4, -0.2) is 63.3 Å². The van der Waals surface area contributed by atoms with Crippen LogP contribution in [0.15, 0.2) is 12.4 Å². The lowest BCUT2D eigenvalue weighted by Crippen LogP contribution is -2.63. The minimum atomic E-state index is -0.345. The van der Waals surface area contributed by atoms with Gasteiger partial charge in [-0.25, -0.2) is 0 Å². The van der Waals surface area contributed by atoms with Crippen LogP contribution in [0.1, 0.15) is 33.1 Å². The zero-order chi connectivity index (χ0) is 15.6. The molecule has 1 amide bonds. The molecule has 0 N–H and O–H groups in total. The lowest BCUT2D eigenvalue weighted by Gasteiger charge is -2.51. The van der Waals surface area contributed by atoms with Gasteiger partial charge in [-0.05, 0) is 26.7 Å². The van der Waals surface area contributed by atoms with Crippen LogP contribution in [0, 0.1) is 0 Å². The third-order valence-electron chi connectivity index (χ3n) is 4.21. The highest BCUT2D eigenvalue weighted by Crippen LogP contribution is 2.34. The van der Waals surface area contributed by atoms with E-state index in [-0.39, 0.29) is 17.1 Å². The van der Waals surface area contributed by atoms with E-state index in [0.29, 0.717) is 32.7 Å². The molecule has 2 aliphatic heterocycles. The number of morpholine rings is 1. The summed E-state index contributed by atoms with van der Waals surface area (Å²) in [6.45, 7) is 7.23. The smallest absolute Gasteiger partial charge is 0.224 e. The topological polar surface area (TPSA) is 69.5 Å². The van der Waals surface area contributed by atoms with Crippen molar-refractivity contribution in [2.45, 2.75) is 50.9 Å². The fourth-order valence-corrected chi connectivity index (χ4v) is 3.44. The number of aromatic nitrogens is 3. The van der Waals surface area contributed by atoms with E-state index in [1.54, 1.807) is 17.1 Å². The Morgan fingerprint density at radius 2 is 2.23 bits per heavy atom. The van der Waals surface area contributed by atoms with E-state index in [0.717, 1.165) is 19.4 Å². The van der Waals surface area contributed by atoms with Gasteiger partial charge in [-0.3, -0.25) is 9.48 Å². The van der Waals surface area contributed by atoms with Crippen LogP contribution in [0.25, 0.3) is 0 Å². The molecule has 1 spiro atoms. The molecule has 2 aliphatic rings. The minimum absolute atomic E-state index is 0.136. The standard InChI is InChI=1S/C15H24N4O3/c1-14(2)10-18(11-15(22-14)5-3-9-21-12-15)13(20)4-7-19-8-6-16-17-19/h6,8H,3-5,7,9-12H2,1-2H3. The van der Waals surface area contributed by atoms with Gasteiger partial charge in [-0.1, -0.05) is 5.21 Å². The summed E-state index contributed by atoms with van der Waals surface area (Å²) in [5.74, 6) is 0.136. The highest BCUT2D eigenvalue weighted by molar-refractivity contribution is 5.76. The van der Waals surface area contributed by atoms with Crippen molar-refractivity contribution in [1.29, 1.82) is 0 Å². The number of hydrogen-bond acceptors (Lipinski definition) is 5. The summed E-state index contributed by atoms with van der Waals surface area (Å²) >= 11 is 0. The van der Waals surface area contributed by atoms with Gasteiger partial charge in [0.15, 0.2) is 0 Å². The molecule has 0 saturated carbocycles. The third-order valence-corrected chi connectivity index (χ3v) is 4.21. The molecule has 2 saturated heterocycles. The van der Waals surface area contributed by atoms with Crippen molar-refractivity contribution in [2.75, 3.05) is 26.3 Å².